The number of hydrogen-bond donors (Lipinski definition) is 0. The highest BCUT2D eigenvalue weighted by atomic mass is 19.4. The molecule has 18 heteroatoms. The highest BCUT2D eigenvalue weighted by Crippen LogP contribution is 2.59. The Bertz CT molecular complexity index is 575. The molecule has 0 aliphatic carbocycles. The lowest BCUT2D eigenvalue weighted by atomic mass is 9.70. The lowest BCUT2D eigenvalue weighted by Gasteiger charge is -2.42. The van der Waals surface area contributed by atoms with Crippen LogP contribution in [0.1, 0.15) is 6.42 Å². The van der Waals surface area contributed by atoms with Gasteiger partial charge in [-0.2, -0.15) is 70.2 Å². The van der Waals surface area contributed by atoms with Crippen molar-refractivity contribution in [3.63, 3.8) is 0 Å². The van der Waals surface area contributed by atoms with Crippen molar-refractivity contribution in [2.75, 3.05) is 0 Å². The van der Waals surface area contributed by atoms with Crippen LogP contribution in [-0.2, 0) is 4.79 Å². The molecular weight excluding hydrogens is 471 g/mol. The molecule has 0 saturated heterocycles. The second kappa shape index (κ2) is 7.63. The largest absolute Gasteiger partial charge is 0.433 e. The minimum Gasteiger partial charge on any atom is -0.257 e. The van der Waals surface area contributed by atoms with Crippen molar-refractivity contribution in [1.29, 1.82) is 0 Å². The van der Waals surface area contributed by atoms with E-state index in [1.54, 1.807) is 0 Å². The second-order valence-corrected chi connectivity index (χ2v) is 5.54. The molecule has 0 N–H and O–H groups in total. The molecule has 4 atom stereocenters. The summed E-state index contributed by atoms with van der Waals surface area (Å²) in [5.41, 5.74) is -7.28. The zero-order valence-electron chi connectivity index (χ0n) is 12.8. The number of alkyl halides is 16. The van der Waals surface area contributed by atoms with Crippen molar-refractivity contribution >= 4 is 6.04 Å². The molecule has 0 bridgehead atoms. The monoisotopic (exact) mass is 476 g/mol. The minimum absolute atomic E-state index is 3.83. The van der Waals surface area contributed by atoms with Crippen molar-refractivity contribution in [3.05, 3.63) is 0 Å². The van der Waals surface area contributed by atoms with Crippen LogP contribution in [0, 0.1) is 17.8 Å². The summed E-state index contributed by atoms with van der Waals surface area (Å²) in [6.45, 7) is 0. The van der Waals surface area contributed by atoms with Crippen LogP contribution >= 0.6 is 0 Å². The summed E-state index contributed by atoms with van der Waals surface area (Å²) in [5.74, 6) is -17.5. The number of rotatable bonds is 5. The molecule has 0 spiro atoms. The summed E-state index contributed by atoms with van der Waals surface area (Å²) in [6.07, 6.45) is -39.3. The predicted octanol–water partition coefficient (Wildman–Crippen LogP) is 6.24. The fraction of sp³-hybridized carbons (Fsp3) is 0.909. The van der Waals surface area contributed by atoms with E-state index < -0.39 is 66.8 Å². The van der Waals surface area contributed by atoms with Crippen molar-refractivity contribution in [2.24, 2.45) is 17.8 Å². The van der Waals surface area contributed by atoms with Gasteiger partial charge in [-0.25, -0.2) is 4.39 Å². The summed E-state index contributed by atoms with van der Waals surface area (Å²) < 4.78 is 216. The van der Waals surface area contributed by atoms with Gasteiger partial charge in [0.1, 0.15) is 5.92 Å². The molecule has 0 heterocycles. The maximum atomic E-state index is 13.8. The van der Waals surface area contributed by atoms with Crippen LogP contribution in [0.25, 0.3) is 0 Å². The Balaban J connectivity index is 7.21. The first-order valence-electron chi connectivity index (χ1n) is 6.50. The Morgan fingerprint density at radius 2 is 1.00 bits per heavy atom. The maximum Gasteiger partial charge on any atom is 0.433 e. The van der Waals surface area contributed by atoms with Gasteiger partial charge >= 0.3 is 42.6 Å². The zero-order valence-corrected chi connectivity index (χ0v) is 12.8. The number of carbonyl (C=O) groups excluding carboxylic acids is 1. The van der Waals surface area contributed by atoms with Crippen LogP contribution < -0.4 is 0 Å². The van der Waals surface area contributed by atoms with E-state index in [0.717, 1.165) is 0 Å². The molecule has 0 aliphatic heterocycles. The van der Waals surface area contributed by atoms with Crippen LogP contribution in [-0.4, -0.2) is 42.6 Å². The second-order valence-electron chi connectivity index (χ2n) is 5.54. The first-order chi connectivity index (χ1) is 12.3. The van der Waals surface area contributed by atoms with Crippen LogP contribution in [0.3, 0.4) is 0 Å². The third-order valence-corrected chi connectivity index (χ3v) is 3.52. The van der Waals surface area contributed by atoms with Gasteiger partial charge in [0.2, 0.25) is 0 Å². The Kier molecular flexibility index (Phi) is 7.23. The summed E-state index contributed by atoms with van der Waals surface area (Å²) in [7, 11) is 0. The quantitative estimate of drug-likeness (QED) is 0.339. The number of halogens is 17. The third-order valence-electron chi connectivity index (χ3n) is 3.52. The SMILES string of the molecule is O=C(F)C(F)(C(C(C(CC(F)(F)F)C(F)(F)F)C(F)(F)F)C(F)(F)F)C(F)(F)F. The topological polar surface area (TPSA) is 17.1 Å². The van der Waals surface area contributed by atoms with Crippen LogP contribution in [0.5, 0.6) is 0 Å². The third kappa shape index (κ3) is 6.23. The summed E-state index contributed by atoms with van der Waals surface area (Å²) >= 11 is 0. The molecule has 0 radical (unpaired) electrons. The van der Waals surface area contributed by atoms with E-state index >= 15 is 0 Å². The standard InChI is InChI=1S/C11H5F17O/c12-5(29)7(16,11(26,27)28)4(10(23,24)25)3(9(20,21)22)2(8(17,18)19)1-6(13,14)15/h2-4H,1H2. The molecule has 0 rings (SSSR count). The molecule has 0 fully saturated rings. The molecule has 0 aromatic rings. The van der Waals surface area contributed by atoms with E-state index in [2.05, 4.69) is 0 Å². The minimum atomic E-state index is -7.52. The molecule has 0 aromatic heterocycles. The van der Waals surface area contributed by atoms with Gasteiger partial charge < -0.3 is 0 Å². The van der Waals surface area contributed by atoms with Gasteiger partial charge in [-0.3, -0.25) is 4.79 Å². The molecule has 0 aromatic carbocycles. The maximum absolute atomic E-state index is 13.8. The van der Waals surface area contributed by atoms with Gasteiger partial charge in [0.15, 0.2) is 0 Å². The molecule has 0 saturated carbocycles. The summed E-state index contributed by atoms with van der Waals surface area (Å²) in [5, 5.41) is 0. The van der Waals surface area contributed by atoms with E-state index in [-0.39, 0.29) is 0 Å². The first-order valence-corrected chi connectivity index (χ1v) is 6.50. The van der Waals surface area contributed by atoms with E-state index in [1.807, 2.05) is 0 Å². The molecule has 29 heavy (non-hydrogen) atoms. The Hall–Kier alpha value is -1.52. The van der Waals surface area contributed by atoms with Crippen molar-refractivity contribution < 1.29 is 79.4 Å². The lowest BCUT2D eigenvalue weighted by molar-refractivity contribution is -0.355. The molecule has 174 valence electrons. The van der Waals surface area contributed by atoms with Crippen molar-refractivity contribution in [2.45, 2.75) is 43.0 Å². The lowest BCUT2D eigenvalue weighted by Crippen LogP contribution is -2.63. The number of carbonyl (C=O) groups is 1. The molecule has 1 nitrogen and oxygen atoms in total. The fourth-order valence-electron chi connectivity index (χ4n) is 2.43. The first kappa shape index (κ1) is 27.5. The van der Waals surface area contributed by atoms with Crippen LogP contribution in [0.15, 0.2) is 0 Å². The molecular formula is C11H5F17O. The van der Waals surface area contributed by atoms with Gasteiger partial charge in [0.25, 0.3) is 0 Å². The Labute approximate surface area is 147 Å². The summed E-state index contributed by atoms with van der Waals surface area (Å²) in [4.78, 5) is 10.3. The van der Waals surface area contributed by atoms with Gasteiger partial charge in [-0.05, 0) is 0 Å². The smallest absolute Gasteiger partial charge is 0.257 e. The average Bonchev–Trinajstić information content (AvgIpc) is 2.35. The Morgan fingerprint density at radius 1 is 0.621 bits per heavy atom. The predicted molar refractivity (Wildman–Crippen MR) is 55.3 cm³/mol. The molecule has 0 amide bonds. The molecule has 0 aliphatic rings. The normalized spacial score (nSPS) is 20.0. The highest BCUT2D eigenvalue weighted by molar-refractivity contribution is 5.80. The summed E-state index contributed by atoms with van der Waals surface area (Å²) in [6, 6.07) is -4.82. The van der Waals surface area contributed by atoms with Crippen molar-refractivity contribution in [1.82, 2.24) is 0 Å². The Morgan fingerprint density at radius 3 is 1.17 bits per heavy atom. The zero-order chi connectivity index (χ0) is 24.0. The average molecular weight is 476 g/mol. The van der Waals surface area contributed by atoms with Gasteiger partial charge in [0, 0.05) is 0 Å². The van der Waals surface area contributed by atoms with Gasteiger partial charge in [-0.1, -0.05) is 0 Å². The highest BCUT2D eigenvalue weighted by Gasteiger charge is 2.79. The van der Waals surface area contributed by atoms with Crippen LogP contribution in [0.4, 0.5) is 74.6 Å². The number of hydrogen-bond acceptors (Lipinski definition) is 1. The van der Waals surface area contributed by atoms with Gasteiger partial charge in [-0.15, -0.1) is 0 Å². The van der Waals surface area contributed by atoms with E-state index in [9.17, 15) is 79.4 Å². The van der Waals surface area contributed by atoms with E-state index in [0.29, 0.717) is 0 Å². The van der Waals surface area contributed by atoms with E-state index in [1.165, 1.54) is 0 Å². The fourth-order valence-corrected chi connectivity index (χ4v) is 2.43. The molecule has 4 unspecified atom stereocenters. The van der Waals surface area contributed by atoms with Crippen LogP contribution in [0.2, 0.25) is 0 Å². The van der Waals surface area contributed by atoms with Gasteiger partial charge in [0.05, 0.1) is 18.3 Å². The van der Waals surface area contributed by atoms with E-state index in [4.69, 9.17) is 0 Å². The van der Waals surface area contributed by atoms with Crippen molar-refractivity contribution in [3.8, 4) is 0 Å².